The highest BCUT2D eigenvalue weighted by atomic mass is 16.6. The molecular weight excluding hydrogens is 863 g/mol. The van der Waals surface area contributed by atoms with Crippen LogP contribution in [-0.2, 0) is 36.6 Å². The number of aromatic nitrogens is 5. The first-order valence-corrected chi connectivity index (χ1v) is 23.9. The Balaban J connectivity index is 0.828. The van der Waals surface area contributed by atoms with E-state index < -0.39 is 24.3 Å². The molecule has 3 saturated heterocycles. The number of ether oxygens (including phenoxy) is 3. The molecule has 0 radical (unpaired) electrons. The van der Waals surface area contributed by atoms with E-state index in [1.807, 2.05) is 72.3 Å². The van der Waals surface area contributed by atoms with Crippen molar-refractivity contribution in [1.29, 1.82) is 0 Å². The van der Waals surface area contributed by atoms with Crippen LogP contribution in [0, 0.1) is 5.92 Å². The van der Waals surface area contributed by atoms with Crippen LogP contribution in [0.25, 0.3) is 44.7 Å². The molecule has 0 bridgehead atoms. The maximum atomic E-state index is 14.3. The minimum Gasteiger partial charge on any atom is -0.453 e. The Kier molecular flexibility index (Phi) is 12.7. The molecular formula is C52H57N9O7. The molecule has 352 valence electrons. The second kappa shape index (κ2) is 19.3. The number of hydrogen-bond donors (Lipinski definition) is 4. The van der Waals surface area contributed by atoms with Crippen molar-refractivity contribution in [1.82, 2.24) is 45.4 Å². The SMILES string of the molecule is COC(=O)NC(C(=O)N1CCCC1c1nc2c([nH]1)CCc1cc(-c3ccc4cc(-c5cnc(C6CCCN6C(=O)C(NC(=O)OC6CCOCC6)c6ccccc6)[nH]5)ccc4n3)ccc1-2)C(C)C. The summed E-state index contributed by atoms with van der Waals surface area (Å²) >= 11 is 0. The molecule has 0 saturated carbocycles. The van der Waals surface area contributed by atoms with Gasteiger partial charge in [-0.15, -0.1) is 0 Å². The first-order valence-electron chi connectivity index (χ1n) is 23.9. The Hall–Kier alpha value is -7.07. The van der Waals surface area contributed by atoms with Gasteiger partial charge in [0.2, 0.25) is 5.91 Å². The van der Waals surface area contributed by atoms with Gasteiger partial charge < -0.3 is 44.6 Å². The van der Waals surface area contributed by atoms with Gasteiger partial charge in [-0.2, -0.15) is 0 Å². The first-order chi connectivity index (χ1) is 33.1. The van der Waals surface area contributed by atoms with Crippen LogP contribution < -0.4 is 10.6 Å². The van der Waals surface area contributed by atoms with E-state index in [9.17, 15) is 19.2 Å². The smallest absolute Gasteiger partial charge is 0.408 e. The number of amides is 4. The minimum absolute atomic E-state index is 0.109. The molecule has 4 amide bonds. The third-order valence-corrected chi connectivity index (χ3v) is 13.9. The van der Waals surface area contributed by atoms with Gasteiger partial charge in [-0.1, -0.05) is 68.4 Å². The van der Waals surface area contributed by atoms with Crippen molar-refractivity contribution in [2.75, 3.05) is 33.4 Å². The Morgan fingerprint density at radius 1 is 0.765 bits per heavy atom. The zero-order chi connectivity index (χ0) is 46.9. The quantitative estimate of drug-likeness (QED) is 0.0985. The molecule has 16 nitrogen and oxygen atoms in total. The van der Waals surface area contributed by atoms with Crippen LogP contribution in [0.4, 0.5) is 9.59 Å². The van der Waals surface area contributed by atoms with Gasteiger partial charge in [-0.25, -0.2) is 24.5 Å². The zero-order valence-corrected chi connectivity index (χ0v) is 38.6. The molecule has 4 aliphatic rings. The Labute approximate surface area is 394 Å². The number of rotatable bonds is 11. The van der Waals surface area contributed by atoms with Crippen LogP contribution in [0.1, 0.15) is 99.0 Å². The van der Waals surface area contributed by atoms with Gasteiger partial charge in [0.05, 0.1) is 61.2 Å². The summed E-state index contributed by atoms with van der Waals surface area (Å²) in [5, 5.41) is 6.59. The van der Waals surface area contributed by atoms with Crippen molar-refractivity contribution >= 4 is 34.9 Å². The van der Waals surface area contributed by atoms with E-state index in [1.165, 1.54) is 12.7 Å². The Morgan fingerprint density at radius 2 is 1.51 bits per heavy atom. The molecule has 3 fully saturated rings. The number of methoxy groups -OCH3 is 1. The second-order valence-electron chi connectivity index (χ2n) is 18.5. The number of aryl methyl sites for hydroxylation is 2. The van der Waals surface area contributed by atoms with Crippen LogP contribution in [0.5, 0.6) is 0 Å². The van der Waals surface area contributed by atoms with Crippen LogP contribution in [0.15, 0.2) is 85.1 Å². The summed E-state index contributed by atoms with van der Waals surface area (Å²) in [4.78, 5) is 79.1. The highest BCUT2D eigenvalue weighted by Gasteiger charge is 2.40. The van der Waals surface area contributed by atoms with E-state index >= 15 is 0 Å². The van der Waals surface area contributed by atoms with Crippen molar-refractivity contribution in [2.45, 2.75) is 95.5 Å². The van der Waals surface area contributed by atoms with Gasteiger partial charge in [0.15, 0.2) is 0 Å². The fraction of sp³-hybridized carbons (Fsp3) is 0.404. The standard InChI is InChI=1S/C52H57N9O7/c1-30(2)44(58-51(64)66-3)49(62)61-24-8-12-43(61)48-55-40-20-14-32-27-33(13-17-37(32)46(40)57-48)38-18-15-34-28-35(16-19-39(34)54-38)41-29-53-47(56-41)42-11-7-23-60(42)50(63)45(31-9-5-4-6-10-31)59-52(65)68-36-21-25-67-26-22-36/h4-6,9-10,13,15-19,27-30,36,42-45H,7-8,11-12,14,20-26H2,1-3H3,(H,53,56)(H,55,57)(H,58,64)(H,59,65). The number of aromatic amines is 2. The average Bonchev–Trinajstić information content (AvgIpc) is 4.22. The average molecular weight is 920 g/mol. The van der Waals surface area contributed by atoms with Gasteiger partial charge in [-0.05, 0) is 79.8 Å². The molecule has 3 aromatic carbocycles. The number of pyridine rings is 1. The van der Waals surface area contributed by atoms with Gasteiger partial charge in [-0.3, -0.25) is 9.59 Å². The molecule has 0 spiro atoms. The number of imidazole rings is 2. The highest BCUT2D eigenvalue weighted by molar-refractivity contribution is 5.89. The van der Waals surface area contributed by atoms with Gasteiger partial charge in [0, 0.05) is 53.7 Å². The maximum absolute atomic E-state index is 14.3. The molecule has 68 heavy (non-hydrogen) atoms. The molecule has 4 N–H and O–H groups in total. The molecule has 1 aliphatic carbocycles. The van der Waals surface area contributed by atoms with Crippen molar-refractivity contribution in [3.63, 3.8) is 0 Å². The maximum Gasteiger partial charge on any atom is 0.408 e. The Morgan fingerprint density at radius 3 is 2.28 bits per heavy atom. The molecule has 6 heterocycles. The van der Waals surface area contributed by atoms with Crippen molar-refractivity contribution in [3.05, 3.63) is 114 Å². The molecule has 16 heteroatoms. The minimum atomic E-state index is -0.911. The van der Waals surface area contributed by atoms with Crippen LogP contribution >= 0.6 is 0 Å². The third-order valence-electron chi connectivity index (χ3n) is 13.9. The van der Waals surface area contributed by atoms with Crippen LogP contribution in [0.3, 0.4) is 0 Å². The Bertz CT molecular complexity index is 2840. The highest BCUT2D eigenvalue weighted by Crippen LogP contribution is 2.39. The predicted molar refractivity (Wildman–Crippen MR) is 254 cm³/mol. The summed E-state index contributed by atoms with van der Waals surface area (Å²) in [6.07, 6.45) is 6.42. The fourth-order valence-corrected chi connectivity index (χ4v) is 10.3. The second-order valence-corrected chi connectivity index (χ2v) is 18.5. The topological polar surface area (TPSA) is 197 Å². The molecule has 4 unspecified atom stereocenters. The van der Waals surface area contributed by atoms with Crippen molar-refractivity contribution in [2.24, 2.45) is 5.92 Å². The zero-order valence-electron chi connectivity index (χ0n) is 38.6. The van der Waals surface area contributed by atoms with Crippen molar-refractivity contribution in [3.8, 4) is 33.8 Å². The number of carbonyl (C=O) groups is 4. The first kappa shape index (κ1) is 44.7. The van der Waals surface area contributed by atoms with E-state index in [2.05, 4.69) is 57.0 Å². The summed E-state index contributed by atoms with van der Waals surface area (Å²) in [5.74, 6) is 1.03. The third kappa shape index (κ3) is 9.04. The number of likely N-dealkylation sites (tertiary alicyclic amines) is 2. The van der Waals surface area contributed by atoms with E-state index in [-0.39, 0.29) is 35.9 Å². The van der Waals surface area contributed by atoms with Gasteiger partial charge in [0.1, 0.15) is 29.8 Å². The van der Waals surface area contributed by atoms with Gasteiger partial charge >= 0.3 is 12.2 Å². The van der Waals surface area contributed by atoms with E-state index in [0.717, 1.165) is 94.7 Å². The lowest BCUT2D eigenvalue weighted by Gasteiger charge is -2.30. The van der Waals surface area contributed by atoms with E-state index in [1.54, 1.807) is 0 Å². The summed E-state index contributed by atoms with van der Waals surface area (Å²) in [7, 11) is 1.30. The lowest BCUT2D eigenvalue weighted by Crippen LogP contribution is -2.51. The number of hydrogen-bond acceptors (Lipinski definition) is 10. The lowest BCUT2D eigenvalue weighted by molar-refractivity contribution is -0.136. The molecule has 3 aromatic heterocycles. The largest absolute Gasteiger partial charge is 0.453 e. The lowest BCUT2D eigenvalue weighted by atomic mass is 9.90. The number of fused-ring (bicyclic) bond motifs is 4. The molecule has 3 aliphatic heterocycles. The number of alkyl carbamates (subject to hydrolysis) is 2. The summed E-state index contributed by atoms with van der Waals surface area (Å²) in [6.45, 7) is 6.05. The summed E-state index contributed by atoms with van der Waals surface area (Å²) in [6, 6.07) is 24.0. The van der Waals surface area contributed by atoms with E-state index in [4.69, 9.17) is 29.2 Å². The monoisotopic (exact) mass is 919 g/mol. The summed E-state index contributed by atoms with van der Waals surface area (Å²) in [5.41, 5.74) is 9.50. The predicted octanol–water partition coefficient (Wildman–Crippen LogP) is 8.13. The molecule has 10 rings (SSSR count). The number of nitrogens with one attached hydrogen (secondary N) is 4. The summed E-state index contributed by atoms with van der Waals surface area (Å²) < 4.78 is 15.9. The van der Waals surface area contributed by atoms with E-state index in [0.29, 0.717) is 50.5 Å². The van der Waals surface area contributed by atoms with Crippen LogP contribution in [0.2, 0.25) is 0 Å². The van der Waals surface area contributed by atoms with Crippen LogP contribution in [-0.4, -0.2) is 104 Å². The molecule has 6 aromatic rings. The van der Waals surface area contributed by atoms with Crippen molar-refractivity contribution < 1.29 is 33.4 Å². The number of carbonyl (C=O) groups excluding carboxylic acids is 4. The number of nitrogens with zero attached hydrogens (tertiary/aromatic N) is 5. The molecule has 4 atom stereocenters. The number of benzene rings is 3. The normalized spacial score (nSPS) is 19.1. The van der Waals surface area contributed by atoms with Gasteiger partial charge in [0.25, 0.3) is 5.91 Å². The fourth-order valence-electron chi connectivity index (χ4n) is 10.3. The number of H-pyrrole nitrogens is 2.